The SMILES string of the molecule is C[C@@H](N[C@@H]1C[C@@H](c2ccccc2)c2c(ccc3ccccc23)O1)c1ccccc1. The van der Waals surface area contributed by atoms with Gasteiger partial charge in [-0.1, -0.05) is 91.0 Å². The third kappa shape index (κ3) is 3.52. The van der Waals surface area contributed by atoms with Crippen molar-refractivity contribution in [1.29, 1.82) is 0 Å². The van der Waals surface area contributed by atoms with Gasteiger partial charge in [0.1, 0.15) is 5.75 Å². The molecule has 1 aliphatic rings. The van der Waals surface area contributed by atoms with Gasteiger partial charge in [-0.25, -0.2) is 0 Å². The normalized spacial score (nSPS) is 19.3. The number of fused-ring (bicyclic) bond motifs is 3. The average Bonchev–Trinajstić information content (AvgIpc) is 2.79. The van der Waals surface area contributed by atoms with Gasteiger partial charge in [-0.3, -0.25) is 5.32 Å². The average molecular weight is 380 g/mol. The molecule has 0 fully saturated rings. The zero-order valence-electron chi connectivity index (χ0n) is 16.6. The van der Waals surface area contributed by atoms with Crippen LogP contribution in [0.5, 0.6) is 5.75 Å². The van der Waals surface area contributed by atoms with Crippen LogP contribution in [0.15, 0.2) is 97.1 Å². The molecule has 1 N–H and O–H groups in total. The van der Waals surface area contributed by atoms with Crippen LogP contribution in [0.4, 0.5) is 0 Å². The molecule has 0 saturated carbocycles. The van der Waals surface area contributed by atoms with E-state index in [0.29, 0.717) is 5.92 Å². The number of hydrogen-bond acceptors (Lipinski definition) is 2. The standard InChI is InChI=1S/C27H25NO/c1-19(20-10-4-2-5-11-20)28-26-18-24(21-12-6-3-7-13-21)27-23-15-9-8-14-22(23)16-17-25(27)29-26/h2-17,19,24,26,28H,18H2,1H3/t19-,24+,26+/m1/s1. The molecular weight excluding hydrogens is 354 g/mol. The molecule has 3 atom stereocenters. The van der Waals surface area contributed by atoms with E-state index >= 15 is 0 Å². The van der Waals surface area contributed by atoms with Crippen LogP contribution in [0.25, 0.3) is 10.8 Å². The molecule has 0 amide bonds. The summed E-state index contributed by atoms with van der Waals surface area (Å²) in [5.41, 5.74) is 3.92. The second kappa shape index (κ2) is 7.73. The van der Waals surface area contributed by atoms with Crippen molar-refractivity contribution < 1.29 is 4.74 Å². The highest BCUT2D eigenvalue weighted by Gasteiger charge is 2.31. The summed E-state index contributed by atoms with van der Waals surface area (Å²) in [6, 6.07) is 34.5. The summed E-state index contributed by atoms with van der Waals surface area (Å²) in [6.45, 7) is 2.20. The Morgan fingerprint density at radius 3 is 2.28 bits per heavy atom. The molecule has 144 valence electrons. The second-order valence-electron chi connectivity index (χ2n) is 7.80. The molecule has 4 aromatic rings. The zero-order chi connectivity index (χ0) is 19.6. The molecule has 5 rings (SSSR count). The highest BCUT2D eigenvalue weighted by atomic mass is 16.5. The lowest BCUT2D eigenvalue weighted by Gasteiger charge is -2.35. The largest absolute Gasteiger partial charge is 0.475 e. The van der Waals surface area contributed by atoms with Crippen molar-refractivity contribution in [3.05, 3.63) is 114 Å². The Balaban J connectivity index is 1.54. The van der Waals surface area contributed by atoms with Crippen LogP contribution in [0.2, 0.25) is 0 Å². The Bertz CT molecular complexity index is 1110. The van der Waals surface area contributed by atoms with Gasteiger partial charge >= 0.3 is 0 Å². The fourth-order valence-corrected chi connectivity index (χ4v) is 4.48. The Morgan fingerprint density at radius 1 is 0.793 bits per heavy atom. The number of rotatable bonds is 4. The molecule has 0 aromatic heterocycles. The molecule has 29 heavy (non-hydrogen) atoms. The quantitative estimate of drug-likeness (QED) is 0.441. The second-order valence-corrected chi connectivity index (χ2v) is 7.80. The van der Waals surface area contributed by atoms with Gasteiger partial charge in [-0.15, -0.1) is 0 Å². The number of nitrogens with one attached hydrogen (secondary N) is 1. The van der Waals surface area contributed by atoms with Crippen molar-refractivity contribution >= 4 is 10.8 Å². The minimum Gasteiger partial charge on any atom is -0.475 e. The fourth-order valence-electron chi connectivity index (χ4n) is 4.48. The first-order valence-electron chi connectivity index (χ1n) is 10.3. The molecule has 0 radical (unpaired) electrons. The maximum absolute atomic E-state index is 6.47. The first kappa shape index (κ1) is 18.0. The lowest BCUT2D eigenvalue weighted by molar-refractivity contribution is 0.119. The Kier molecular flexibility index (Phi) is 4.79. The van der Waals surface area contributed by atoms with Crippen molar-refractivity contribution in [2.75, 3.05) is 0 Å². The number of hydrogen-bond donors (Lipinski definition) is 1. The molecule has 0 aliphatic carbocycles. The fraction of sp³-hybridized carbons (Fsp3) is 0.185. The smallest absolute Gasteiger partial charge is 0.151 e. The minimum atomic E-state index is -0.0379. The van der Waals surface area contributed by atoms with Crippen LogP contribution in [0, 0.1) is 0 Å². The molecule has 0 saturated heterocycles. The van der Waals surface area contributed by atoms with Crippen LogP contribution < -0.4 is 10.1 Å². The first-order valence-corrected chi connectivity index (χ1v) is 10.3. The first-order chi connectivity index (χ1) is 14.3. The lowest BCUT2D eigenvalue weighted by atomic mass is 9.83. The van der Waals surface area contributed by atoms with E-state index in [-0.39, 0.29) is 12.3 Å². The maximum Gasteiger partial charge on any atom is 0.151 e. The highest BCUT2D eigenvalue weighted by molar-refractivity contribution is 5.89. The summed E-state index contributed by atoms with van der Waals surface area (Å²) in [7, 11) is 0. The molecule has 0 unspecified atom stereocenters. The number of ether oxygens (including phenoxy) is 1. The van der Waals surface area contributed by atoms with E-state index in [1.165, 1.54) is 27.5 Å². The Labute approximate surface area is 172 Å². The van der Waals surface area contributed by atoms with Crippen molar-refractivity contribution in [2.45, 2.75) is 31.5 Å². The van der Waals surface area contributed by atoms with E-state index in [1.54, 1.807) is 0 Å². The summed E-state index contributed by atoms with van der Waals surface area (Å²) in [5, 5.41) is 6.25. The van der Waals surface area contributed by atoms with E-state index in [4.69, 9.17) is 4.74 Å². The molecule has 1 heterocycles. The Morgan fingerprint density at radius 2 is 1.48 bits per heavy atom. The van der Waals surface area contributed by atoms with E-state index in [1.807, 2.05) is 0 Å². The molecule has 2 nitrogen and oxygen atoms in total. The van der Waals surface area contributed by atoms with Gasteiger partial charge in [0, 0.05) is 23.9 Å². The Hall–Kier alpha value is -3.10. The van der Waals surface area contributed by atoms with E-state index < -0.39 is 0 Å². The van der Waals surface area contributed by atoms with E-state index in [0.717, 1.165) is 12.2 Å². The van der Waals surface area contributed by atoms with E-state index in [2.05, 4.69) is 109 Å². The maximum atomic E-state index is 6.47. The predicted octanol–water partition coefficient (Wildman–Crippen LogP) is 6.43. The monoisotopic (exact) mass is 379 g/mol. The summed E-state index contributed by atoms with van der Waals surface area (Å²) in [4.78, 5) is 0. The van der Waals surface area contributed by atoms with E-state index in [9.17, 15) is 0 Å². The van der Waals surface area contributed by atoms with Gasteiger partial charge in [0.25, 0.3) is 0 Å². The van der Waals surface area contributed by atoms with Crippen molar-refractivity contribution in [3.63, 3.8) is 0 Å². The van der Waals surface area contributed by atoms with Gasteiger partial charge in [0.15, 0.2) is 6.23 Å². The number of benzene rings is 4. The predicted molar refractivity (Wildman–Crippen MR) is 119 cm³/mol. The van der Waals surface area contributed by atoms with Crippen LogP contribution >= 0.6 is 0 Å². The van der Waals surface area contributed by atoms with Gasteiger partial charge in [-0.05, 0) is 34.9 Å². The molecular formula is C27H25NO. The molecule has 0 spiro atoms. The lowest BCUT2D eigenvalue weighted by Crippen LogP contribution is -2.40. The van der Waals surface area contributed by atoms with Crippen molar-refractivity contribution in [1.82, 2.24) is 5.32 Å². The van der Waals surface area contributed by atoms with Gasteiger partial charge in [0.2, 0.25) is 0 Å². The van der Waals surface area contributed by atoms with Gasteiger partial charge < -0.3 is 4.74 Å². The van der Waals surface area contributed by atoms with Gasteiger partial charge in [-0.2, -0.15) is 0 Å². The molecule has 0 bridgehead atoms. The highest BCUT2D eigenvalue weighted by Crippen LogP contribution is 2.44. The summed E-state index contributed by atoms with van der Waals surface area (Å²) >= 11 is 0. The van der Waals surface area contributed by atoms with Crippen LogP contribution in [-0.2, 0) is 0 Å². The topological polar surface area (TPSA) is 21.3 Å². The van der Waals surface area contributed by atoms with Crippen LogP contribution in [-0.4, -0.2) is 6.23 Å². The third-order valence-electron chi connectivity index (χ3n) is 5.94. The van der Waals surface area contributed by atoms with Crippen molar-refractivity contribution in [3.8, 4) is 5.75 Å². The summed E-state index contributed by atoms with van der Waals surface area (Å²) in [6.07, 6.45) is 0.867. The zero-order valence-corrected chi connectivity index (χ0v) is 16.6. The molecule has 1 aliphatic heterocycles. The third-order valence-corrected chi connectivity index (χ3v) is 5.94. The summed E-state index contributed by atoms with van der Waals surface area (Å²) in [5.74, 6) is 1.29. The summed E-state index contributed by atoms with van der Waals surface area (Å²) < 4.78 is 6.47. The molecule has 2 heteroatoms. The van der Waals surface area contributed by atoms with Crippen LogP contribution in [0.1, 0.15) is 42.0 Å². The van der Waals surface area contributed by atoms with Gasteiger partial charge in [0.05, 0.1) is 0 Å². The van der Waals surface area contributed by atoms with Crippen LogP contribution in [0.3, 0.4) is 0 Å². The molecule has 4 aromatic carbocycles. The van der Waals surface area contributed by atoms with Crippen molar-refractivity contribution in [2.24, 2.45) is 0 Å². The minimum absolute atomic E-state index is 0.0379.